The Kier molecular flexibility index (Phi) is 2.07. The number of nitrogens with one attached hydrogen (secondary N) is 1. The van der Waals surface area contributed by atoms with Gasteiger partial charge in [0.2, 0.25) is 5.76 Å². The normalized spacial score (nSPS) is 13.1. The third-order valence-corrected chi connectivity index (χ3v) is 3.18. The lowest BCUT2D eigenvalue weighted by Gasteiger charge is -2.09. The summed E-state index contributed by atoms with van der Waals surface area (Å²) in [5.74, 6) is 0.692. The van der Waals surface area contributed by atoms with Crippen molar-refractivity contribution in [2.24, 2.45) is 0 Å². The van der Waals surface area contributed by atoms with Crippen molar-refractivity contribution in [3.63, 3.8) is 0 Å². The fourth-order valence-corrected chi connectivity index (χ4v) is 2.33. The van der Waals surface area contributed by atoms with E-state index in [4.69, 9.17) is 9.15 Å². The quantitative estimate of drug-likeness (QED) is 0.762. The van der Waals surface area contributed by atoms with Gasteiger partial charge in [0.15, 0.2) is 0 Å². The van der Waals surface area contributed by atoms with Crippen molar-refractivity contribution in [1.29, 1.82) is 0 Å². The van der Waals surface area contributed by atoms with Gasteiger partial charge in [-0.15, -0.1) is 0 Å². The second kappa shape index (κ2) is 3.48. The van der Waals surface area contributed by atoms with Gasteiger partial charge in [-0.25, -0.2) is 4.79 Å². The molecule has 88 valence electrons. The summed E-state index contributed by atoms with van der Waals surface area (Å²) in [6.07, 6.45) is 3.49. The zero-order chi connectivity index (χ0) is 12.0. The third kappa shape index (κ3) is 1.32. The zero-order valence-electron chi connectivity index (χ0n) is 9.66. The van der Waals surface area contributed by atoms with Crippen molar-refractivity contribution in [2.45, 2.75) is 19.8 Å². The van der Waals surface area contributed by atoms with Gasteiger partial charge >= 0.3 is 5.97 Å². The van der Waals surface area contributed by atoms with Crippen LogP contribution in [-0.4, -0.2) is 23.3 Å². The number of aromatic nitrogens is 2. The van der Waals surface area contributed by atoms with Crippen molar-refractivity contribution < 1.29 is 13.9 Å². The lowest BCUT2D eigenvalue weighted by molar-refractivity contribution is 0.0562. The highest BCUT2D eigenvalue weighted by Gasteiger charge is 2.28. The molecule has 17 heavy (non-hydrogen) atoms. The molecule has 2 aromatic rings. The van der Waals surface area contributed by atoms with Crippen LogP contribution in [0.1, 0.15) is 27.4 Å². The van der Waals surface area contributed by atoms with Gasteiger partial charge in [0.1, 0.15) is 5.76 Å². The number of fused-ring (bicyclic) bond motifs is 3. The number of H-pyrrole nitrogens is 1. The SMILES string of the molecule is COC(=O)c1oc2c(c1C)-c1[nH]ncc1CC2. The minimum absolute atomic E-state index is 0.292. The maximum absolute atomic E-state index is 11.6. The van der Waals surface area contributed by atoms with Crippen LogP contribution in [0.5, 0.6) is 0 Å². The van der Waals surface area contributed by atoms with Crippen LogP contribution >= 0.6 is 0 Å². The minimum Gasteiger partial charge on any atom is -0.463 e. The Labute approximate surface area is 97.8 Å². The number of furan rings is 1. The Bertz CT molecular complexity index is 595. The Morgan fingerprint density at radius 2 is 2.35 bits per heavy atom. The average molecular weight is 232 g/mol. The maximum atomic E-state index is 11.6. The zero-order valence-corrected chi connectivity index (χ0v) is 9.66. The van der Waals surface area contributed by atoms with Crippen LogP contribution in [0.2, 0.25) is 0 Å². The molecule has 3 rings (SSSR count). The highest BCUT2D eigenvalue weighted by Crippen LogP contribution is 2.37. The van der Waals surface area contributed by atoms with Gasteiger partial charge in [0.25, 0.3) is 0 Å². The lowest BCUT2D eigenvalue weighted by atomic mass is 9.94. The topological polar surface area (TPSA) is 68.1 Å². The summed E-state index contributed by atoms with van der Waals surface area (Å²) in [6, 6.07) is 0. The summed E-state index contributed by atoms with van der Waals surface area (Å²) < 4.78 is 10.3. The van der Waals surface area contributed by atoms with E-state index in [1.165, 1.54) is 7.11 Å². The number of rotatable bonds is 1. The molecule has 5 nitrogen and oxygen atoms in total. The number of aryl methyl sites for hydroxylation is 2. The molecular weight excluding hydrogens is 220 g/mol. The van der Waals surface area contributed by atoms with E-state index in [2.05, 4.69) is 10.2 Å². The monoisotopic (exact) mass is 232 g/mol. The van der Waals surface area contributed by atoms with Crippen molar-refractivity contribution in [3.05, 3.63) is 28.8 Å². The number of aromatic amines is 1. The van der Waals surface area contributed by atoms with Gasteiger partial charge in [-0.3, -0.25) is 5.10 Å². The van der Waals surface area contributed by atoms with E-state index in [1.807, 2.05) is 13.1 Å². The molecule has 2 heterocycles. The number of methoxy groups -OCH3 is 1. The molecule has 0 fully saturated rings. The predicted octanol–water partition coefficient (Wildman–Crippen LogP) is 1.86. The maximum Gasteiger partial charge on any atom is 0.374 e. The molecule has 0 unspecified atom stereocenters. The number of ether oxygens (including phenoxy) is 1. The molecule has 0 saturated heterocycles. The van der Waals surface area contributed by atoms with E-state index in [1.54, 1.807) is 0 Å². The summed E-state index contributed by atoms with van der Waals surface area (Å²) in [6.45, 7) is 1.87. The minimum atomic E-state index is -0.432. The van der Waals surface area contributed by atoms with Gasteiger partial charge in [0.05, 0.1) is 19.0 Å². The molecule has 0 spiro atoms. The summed E-state index contributed by atoms with van der Waals surface area (Å²) in [4.78, 5) is 11.6. The fourth-order valence-electron chi connectivity index (χ4n) is 2.33. The van der Waals surface area contributed by atoms with Crippen LogP contribution in [0.3, 0.4) is 0 Å². The van der Waals surface area contributed by atoms with Crippen LogP contribution in [0, 0.1) is 6.92 Å². The molecule has 0 atom stereocenters. The number of carbonyl (C=O) groups excluding carboxylic acids is 1. The van der Waals surface area contributed by atoms with Crippen molar-refractivity contribution in [3.8, 4) is 11.3 Å². The largest absolute Gasteiger partial charge is 0.463 e. The van der Waals surface area contributed by atoms with E-state index in [-0.39, 0.29) is 0 Å². The summed E-state index contributed by atoms with van der Waals surface area (Å²) in [5.41, 5.74) is 3.90. The van der Waals surface area contributed by atoms with E-state index in [0.717, 1.165) is 41.0 Å². The summed E-state index contributed by atoms with van der Waals surface area (Å²) in [7, 11) is 1.35. The van der Waals surface area contributed by atoms with Crippen molar-refractivity contribution >= 4 is 5.97 Å². The molecule has 2 aromatic heterocycles. The van der Waals surface area contributed by atoms with Crippen LogP contribution in [0.25, 0.3) is 11.3 Å². The Morgan fingerprint density at radius 1 is 1.53 bits per heavy atom. The van der Waals surface area contributed by atoms with E-state index >= 15 is 0 Å². The molecule has 0 aliphatic heterocycles. The molecule has 0 bridgehead atoms. The van der Waals surface area contributed by atoms with Crippen LogP contribution in [0.4, 0.5) is 0 Å². The molecule has 1 N–H and O–H groups in total. The van der Waals surface area contributed by atoms with Crippen LogP contribution in [-0.2, 0) is 17.6 Å². The smallest absolute Gasteiger partial charge is 0.374 e. The highest BCUT2D eigenvalue weighted by molar-refractivity contribution is 5.91. The number of hydrogen-bond acceptors (Lipinski definition) is 4. The summed E-state index contributed by atoms with van der Waals surface area (Å²) >= 11 is 0. The number of esters is 1. The number of hydrogen-bond donors (Lipinski definition) is 1. The number of carbonyl (C=O) groups is 1. The average Bonchev–Trinajstić information content (AvgIpc) is 2.92. The molecule has 0 aromatic carbocycles. The van der Waals surface area contributed by atoms with Crippen LogP contribution in [0.15, 0.2) is 10.6 Å². The van der Waals surface area contributed by atoms with Crippen LogP contribution < -0.4 is 0 Å². The Hall–Kier alpha value is -2.04. The third-order valence-electron chi connectivity index (χ3n) is 3.18. The van der Waals surface area contributed by atoms with Gasteiger partial charge < -0.3 is 9.15 Å². The molecule has 5 heteroatoms. The Morgan fingerprint density at radius 3 is 3.12 bits per heavy atom. The Balaban J connectivity index is 2.21. The molecule has 1 aliphatic rings. The fraction of sp³-hybridized carbons (Fsp3) is 0.333. The van der Waals surface area contributed by atoms with Gasteiger partial charge in [-0.1, -0.05) is 0 Å². The molecule has 0 amide bonds. The van der Waals surface area contributed by atoms with Gasteiger partial charge in [0, 0.05) is 17.5 Å². The second-order valence-corrected chi connectivity index (χ2v) is 4.12. The second-order valence-electron chi connectivity index (χ2n) is 4.12. The summed E-state index contributed by atoms with van der Waals surface area (Å²) in [5, 5.41) is 7.00. The van der Waals surface area contributed by atoms with Gasteiger partial charge in [-0.2, -0.15) is 5.10 Å². The predicted molar refractivity (Wildman–Crippen MR) is 59.8 cm³/mol. The van der Waals surface area contributed by atoms with Crippen molar-refractivity contribution in [2.75, 3.05) is 7.11 Å². The first kappa shape index (κ1) is 10.1. The lowest BCUT2D eigenvalue weighted by Crippen LogP contribution is -2.01. The first-order valence-electron chi connectivity index (χ1n) is 5.45. The molecular formula is C12H12N2O3. The van der Waals surface area contributed by atoms with Gasteiger partial charge in [-0.05, 0) is 18.9 Å². The number of nitrogens with zero attached hydrogens (tertiary/aromatic N) is 1. The first-order chi connectivity index (χ1) is 8.22. The first-order valence-corrected chi connectivity index (χ1v) is 5.45. The van der Waals surface area contributed by atoms with Crippen molar-refractivity contribution in [1.82, 2.24) is 10.2 Å². The highest BCUT2D eigenvalue weighted by atomic mass is 16.5. The molecule has 1 aliphatic carbocycles. The molecule has 0 radical (unpaired) electrons. The van der Waals surface area contributed by atoms with E-state index < -0.39 is 5.97 Å². The standard InChI is InChI=1S/C12H12N2O3/c1-6-9-8(17-11(6)12(15)16-2)4-3-7-5-13-14-10(7)9/h5H,3-4H2,1-2H3,(H,13,14). The van der Waals surface area contributed by atoms with E-state index in [0.29, 0.717) is 5.76 Å². The molecule has 0 saturated carbocycles. The van der Waals surface area contributed by atoms with E-state index in [9.17, 15) is 4.79 Å².